The van der Waals surface area contributed by atoms with E-state index in [1.165, 1.54) is 25.7 Å². The number of hydrogen-bond donors (Lipinski definition) is 2. The summed E-state index contributed by atoms with van der Waals surface area (Å²) in [6, 6.07) is -0.448. The molecule has 88 valence electrons. The van der Waals surface area contributed by atoms with Gasteiger partial charge in [0.15, 0.2) is 0 Å². The van der Waals surface area contributed by atoms with Gasteiger partial charge in [-0.15, -0.1) is 0 Å². The van der Waals surface area contributed by atoms with Crippen LogP contribution in [0.4, 0.5) is 0 Å². The third-order valence-corrected chi connectivity index (χ3v) is 3.28. The summed E-state index contributed by atoms with van der Waals surface area (Å²) in [6.45, 7) is 1.59. The molecule has 1 atom stereocenters. The Morgan fingerprint density at radius 2 is 2.27 bits per heavy atom. The summed E-state index contributed by atoms with van der Waals surface area (Å²) in [4.78, 5) is 12.9. The van der Waals surface area contributed by atoms with E-state index in [0.29, 0.717) is 6.54 Å². The molecular formula is C11H22N2O2. The lowest BCUT2D eigenvalue weighted by Gasteiger charge is -2.28. The molecule has 0 radical (unpaired) electrons. The van der Waals surface area contributed by atoms with Crippen molar-refractivity contribution < 1.29 is 9.90 Å². The van der Waals surface area contributed by atoms with Crippen LogP contribution in [0.5, 0.6) is 0 Å². The number of hydrogen-bond acceptors (Lipinski definition) is 3. The molecule has 1 unspecified atom stereocenters. The summed E-state index contributed by atoms with van der Waals surface area (Å²) in [5.74, 6) is 0.123. The highest BCUT2D eigenvalue weighted by Gasteiger charge is 2.20. The fourth-order valence-electron chi connectivity index (χ4n) is 1.88. The summed E-state index contributed by atoms with van der Waals surface area (Å²) in [5.41, 5.74) is 0. The van der Waals surface area contributed by atoms with Crippen LogP contribution in [0.3, 0.4) is 0 Å². The topological polar surface area (TPSA) is 52.6 Å². The number of carboxylic acids is 1. The molecule has 1 fully saturated rings. The Morgan fingerprint density at radius 3 is 2.67 bits per heavy atom. The zero-order valence-electron chi connectivity index (χ0n) is 9.70. The summed E-state index contributed by atoms with van der Waals surface area (Å²) >= 11 is 0. The molecule has 0 aromatic carbocycles. The molecule has 1 saturated carbocycles. The van der Waals surface area contributed by atoms with Gasteiger partial charge in [0.2, 0.25) is 0 Å². The maximum absolute atomic E-state index is 10.8. The lowest BCUT2D eigenvalue weighted by Crippen LogP contribution is -2.43. The lowest BCUT2D eigenvalue weighted by atomic mass is 9.83. The number of aliphatic carboxylic acids is 1. The number of nitrogens with one attached hydrogen (secondary N) is 1. The molecule has 0 aromatic heterocycles. The van der Waals surface area contributed by atoms with Crippen molar-refractivity contribution in [2.75, 3.05) is 27.2 Å². The van der Waals surface area contributed by atoms with Gasteiger partial charge >= 0.3 is 5.97 Å². The van der Waals surface area contributed by atoms with Crippen molar-refractivity contribution >= 4 is 5.97 Å². The van der Waals surface area contributed by atoms with Crippen LogP contribution in [0.1, 0.15) is 25.7 Å². The molecule has 4 heteroatoms. The molecule has 0 saturated heterocycles. The number of carbonyl (C=O) groups is 1. The third-order valence-electron chi connectivity index (χ3n) is 3.28. The van der Waals surface area contributed by atoms with Crippen molar-refractivity contribution in [1.82, 2.24) is 10.2 Å². The van der Waals surface area contributed by atoms with Gasteiger partial charge in [0, 0.05) is 6.54 Å². The van der Waals surface area contributed by atoms with Gasteiger partial charge in [-0.25, -0.2) is 0 Å². The Morgan fingerprint density at radius 1 is 1.60 bits per heavy atom. The average molecular weight is 214 g/mol. The summed E-state index contributed by atoms with van der Waals surface area (Å²) in [7, 11) is 3.69. The molecule has 4 nitrogen and oxygen atoms in total. The quantitative estimate of drug-likeness (QED) is 0.657. The van der Waals surface area contributed by atoms with Crippen LogP contribution in [0.15, 0.2) is 0 Å². The Balaban J connectivity index is 2.15. The van der Waals surface area contributed by atoms with Crippen molar-refractivity contribution in [3.05, 3.63) is 0 Å². The molecule has 1 rings (SSSR count). The number of rotatable bonds is 7. The predicted molar refractivity (Wildman–Crippen MR) is 59.9 cm³/mol. The van der Waals surface area contributed by atoms with Gasteiger partial charge in [-0.1, -0.05) is 19.3 Å². The van der Waals surface area contributed by atoms with E-state index < -0.39 is 12.0 Å². The summed E-state index contributed by atoms with van der Waals surface area (Å²) < 4.78 is 0. The number of carboxylic acid groups (broad SMARTS) is 1. The summed E-state index contributed by atoms with van der Waals surface area (Å²) in [5, 5.41) is 11.7. The van der Waals surface area contributed by atoms with Gasteiger partial charge in [0.05, 0.1) is 0 Å². The second-order valence-corrected chi connectivity index (χ2v) is 4.53. The van der Waals surface area contributed by atoms with Gasteiger partial charge in [-0.05, 0) is 33.0 Å². The van der Waals surface area contributed by atoms with Crippen LogP contribution >= 0.6 is 0 Å². The van der Waals surface area contributed by atoms with Crippen molar-refractivity contribution in [1.29, 1.82) is 0 Å². The van der Waals surface area contributed by atoms with Crippen LogP contribution in [-0.2, 0) is 4.79 Å². The molecule has 15 heavy (non-hydrogen) atoms. The van der Waals surface area contributed by atoms with E-state index >= 15 is 0 Å². The van der Waals surface area contributed by atoms with E-state index in [-0.39, 0.29) is 0 Å². The van der Waals surface area contributed by atoms with E-state index in [2.05, 4.69) is 10.2 Å². The van der Waals surface area contributed by atoms with Crippen LogP contribution in [0.25, 0.3) is 0 Å². The highest BCUT2D eigenvalue weighted by molar-refractivity contribution is 5.73. The standard InChI is InChI=1S/C11H22N2O2/c1-12-10(11(14)15)8-13(2)7-6-9-4-3-5-9/h9-10,12H,3-8H2,1-2H3,(H,14,15). The van der Waals surface area contributed by atoms with Crippen LogP contribution < -0.4 is 5.32 Å². The van der Waals surface area contributed by atoms with Crippen LogP contribution in [0.2, 0.25) is 0 Å². The minimum atomic E-state index is -0.770. The Bertz CT molecular complexity index is 205. The number of nitrogens with zero attached hydrogens (tertiary/aromatic N) is 1. The van der Waals surface area contributed by atoms with Gasteiger partial charge in [-0.2, -0.15) is 0 Å². The van der Waals surface area contributed by atoms with Crippen molar-refractivity contribution in [2.24, 2.45) is 5.92 Å². The molecule has 0 aliphatic heterocycles. The maximum Gasteiger partial charge on any atom is 0.322 e. The maximum atomic E-state index is 10.8. The van der Waals surface area contributed by atoms with E-state index in [0.717, 1.165) is 12.5 Å². The van der Waals surface area contributed by atoms with E-state index in [1.54, 1.807) is 7.05 Å². The van der Waals surface area contributed by atoms with Crippen molar-refractivity contribution in [3.63, 3.8) is 0 Å². The largest absolute Gasteiger partial charge is 0.480 e. The normalized spacial score (nSPS) is 18.9. The zero-order valence-corrected chi connectivity index (χ0v) is 9.70. The summed E-state index contributed by atoms with van der Waals surface area (Å²) in [6.07, 6.45) is 5.32. The molecule has 0 aromatic rings. The molecule has 0 heterocycles. The molecule has 1 aliphatic carbocycles. The van der Waals surface area contributed by atoms with Gasteiger partial charge in [0.25, 0.3) is 0 Å². The first-order chi connectivity index (χ1) is 7.13. The van der Waals surface area contributed by atoms with Gasteiger partial charge < -0.3 is 15.3 Å². The van der Waals surface area contributed by atoms with E-state index in [1.807, 2.05) is 7.05 Å². The SMILES string of the molecule is CNC(CN(C)CCC1CCC1)C(=O)O. The Hall–Kier alpha value is -0.610. The Labute approximate surface area is 91.6 Å². The van der Waals surface area contributed by atoms with Crippen LogP contribution in [0, 0.1) is 5.92 Å². The molecule has 2 N–H and O–H groups in total. The first-order valence-corrected chi connectivity index (χ1v) is 5.72. The second-order valence-electron chi connectivity index (χ2n) is 4.53. The van der Waals surface area contributed by atoms with E-state index in [9.17, 15) is 4.79 Å². The third kappa shape index (κ3) is 4.18. The highest BCUT2D eigenvalue weighted by atomic mass is 16.4. The molecule has 0 spiro atoms. The average Bonchev–Trinajstić information content (AvgIpc) is 2.11. The molecule has 0 amide bonds. The molecule has 1 aliphatic rings. The van der Waals surface area contributed by atoms with Crippen LogP contribution in [-0.4, -0.2) is 49.2 Å². The first-order valence-electron chi connectivity index (χ1n) is 5.72. The van der Waals surface area contributed by atoms with Crippen molar-refractivity contribution in [3.8, 4) is 0 Å². The zero-order chi connectivity index (χ0) is 11.3. The van der Waals surface area contributed by atoms with Gasteiger partial charge in [-0.3, -0.25) is 4.79 Å². The van der Waals surface area contributed by atoms with Gasteiger partial charge in [0.1, 0.15) is 6.04 Å². The fraction of sp³-hybridized carbons (Fsp3) is 0.909. The minimum absolute atomic E-state index is 0.448. The minimum Gasteiger partial charge on any atom is -0.480 e. The fourth-order valence-corrected chi connectivity index (χ4v) is 1.88. The lowest BCUT2D eigenvalue weighted by molar-refractivity contribution is -0.139. The highest BCUT2D eigenvalue weighted by Crippen LogP contribution is 2.29. The monoisotopic (exact) mass is 214 g/mol. The van der Waals surface area contributed by atoms with E-state index in [4.69, 9.17) is 5.11 Å². The van der Waals surface area contributed by atoms with Crippen molar-refractivity contribution in [2.45, 2.75) is 31.7 Å². The smallest absolute Gasteiger partial charge is 0.322 e. The number of likely N-dealkylation sites (N-methyl/N-ethyl adjacent to an activating group) is 2. The second kappa shape index (κ2) is 6.08. The predicted octanol–water partition coefficient (Wildman–Crippen LogP) is 0.781. The molecule has 0 bridgehead atoms. The molecular weight excluding hydrogens is 192 g/mol. The Kier molecular flexibility index (Phi) is 5.05. The first kappa shape index (κ1) is 12.5.